The lowest BCUT2D eigenvalue weighted by molar-refractivity contribution is -0.189. The number of pyridine rings is 2. The van der Waals surface area contributed by atoms with Crippen molar-refractivity contribution in [1.29, 1.82) is 0 Å². The number of esters is 2. The van der Waals surface area contributed by atoms with Crippen LogP contribution in [-0.4, -0.2) is 27.3 Å². The van der Waals surface area contributed by atoms with E-state index in [1.807, 2.05) is 30.3 Å². The number of ketones is 1. The van der Waals surface area contributed by atoms with Crippen molar-refractivity contribution >= 4 is 28.6 Å². The van der Waals surface area contributed by atoms with Crippen molar-refractivity contribution in [3.63, 3.8) is 0 Å². The van der Waals surface area contributed by atoms with Gasteiger partial charge in [0.2, 0.25) is 5.60 Å². The number of ether oxygens (including phenoxy) is 2. The molecule has 0 aliphatic carbocycles. The number of para-hydroxylation sites is 1. The Bertz CT molecular complexity index is 1440. The van der Waals surface area contributed by atoms with E-state index in [0.717, 1.165) is 16.5 Å². The Morgan fingerprint density at radius 2 is 1.91 bits per heavy atom. The lowest BCUT2D eigenvalue weighted by Gasteiger charge is -2.35. The van der Waals surface area contributed by atoms with Crippen molar-refractivity contribution in [3.8, 4) is 11.4 Å². The maximum Gasteiger partial charge on any atom is 0.355 e. The summed E-state index contributed by atoms with van der Waals surface area (Å²) in [5.41, 5.74) is 1.72. The number of benzene rings is 1. The Morgan fingerprint density at radius 1 is 1.14 bits per heavy atom. The minimum absolute atomic E-state index is 0.0594. The van der Waals surface area contributed by atoms with E-state index in [0.29, 0.717) is 48.3 Å². The number of hydrogen-bond acceptors (Lipinski definition) is 7. The molecule has 0 saturated heterocycles. The Morgan fingerprint density at radius 3 is 2.69 bits per heavy atom. The molecule has 0 N–H and O–H groups in total. The summed E-state index contributed by atoms with van der Waals surface area (Å²) in [5, 5.41) is 0.983. The average Bonchev–Trinajstić information content (AvgIpc) is 3.20. The largest absolute Gasteiger partial charge is 0.457 e. The highest BCUT2D eigenvalue weighted by atomic mass is 16.6. The second kappa shape index (κ2) is 8.76. The predicted octanol–water partition coefficient (Wildman–Crippen LogP) is 3.78. The van der Waals surface area contributed by atoms with Gasteiger partial charge in [0.1, 0.15) is 12.4 Å². The van der Waals surface area contributed by atoms with E-state index >= 15 is 0 Å². The van der Waals surface area contributed by atoms with Gasteiger partial charge in [-0.2, -0.15) is 0 Å². The third kappa shape index (κ3) is 3.83. The molecule has 8 nitrogen and oxygen atoms in total. The summed E-state index contributed by atoms with van der Waals surface area (Å²) in [6, 6.07) is 11.5. The number of nitrogens with zero attached hydrogens (tertiary/aromatic N) is 2. The van der Waals surface area contributed by atoms with Crippen LogP contribution in [0.5, 0.6) is 0 Å². The number of cyclic esters (lactones) is 1. The first-order valence-electron chi connectivity index (χ1n) is 11.9. The van der Waals surface area contributed by atoms with Gasteiger partial charge in [0.25, 0.3) is 5.56 Å². The molecular formula is C27H26N2O6. The molecule has 0 radical (unpaired) electrons. The minimum Gasteiger partial charge on any atom is -0.457 e. The molecule has 0 saturated carbocycles. The van der Waals surface area contributed by atoms with Crippen molar-refractivity contribution in [2.24, 2.45) is 0 Å². The molecule has 180 valence electrons. The van der Waals surface area contributed by atoms with Crippen LogP contribution in [0, 0.1) is 0 Å². The van der Waals surface area contributed by atoms with Gasteiger partial charge in [-0.15, -0.1) is 0 Å². The van der Waals surface area contributed by atoms with Gasteiger partial charge in [-0.05, 0) is 44.4 Å². The second-order valence-corrected chi connectivity index (χ2v) is 9.14. The fourth-order valence-electron chi connectivity index (χ4n) is 4.97. The fraction of sp³-hybridized carbons (Fsp3) is 0.370. The van der Waals surface area contributed by atoms with E-state index in [2.05, 4.69) is 0 Å². The standard InChI is InChI=1S/C27H26N2O6/c1-3-27(35-23(31)11-7-4-8-16(2)30)20-13-22-24-18(12-17-9-5-6-10-21(17)28-24)14-29(22)25(32)19(20)15-34-26(27)33/h5-6,9-10,12-13H,3-4,7-8,11,14-15H2,1-2H3/t27-/m0/s1. The zero-order chi connectivity index (χ0) is 24.7. The van der Waals surface area contributed by atoms with E-state index < -0.39 is 17.5 Å². The topological polar surface area (TPSA) is 105 Å². The van der Waals surface area contributed by atoms with Crippen LogP contribution in [0.15, 0.2) is 41.2 Å². The van der Waals surface area contributed by atoms with Gasteiger partial charge in [0, 0.05) is 29.4 Å². The first kappa shape index (κ1) is 23.0. The maximum atomic E-state index is 13.5. The van der Waals surface area contributed by atoms with Crippen LogP contribution < -0.4 is 5.56 Å². The number of unbranched alkanes of at least 4 members (excludes halogenated alkanes) is 1. The molecule has 4 heterocycles. The van der Waals surface area contributed by atoms with Gasteiger partial charge in [0.05, 0.1) is 29.0 Å². The highest BCUT2D eigenvalue weighted by Crippen LogP contribution is 2.41. The first-order valence-corrected chi connectivity index (χ1v) is 11.9. The molecule has 0 unspecified atom stereocenters. The quantitative estimate of drug-likeness (QED) is 0.296. The Kier molecular flexibility index (Phi) is 5.75. The lowest BCUT2D eigenvalue weighted by atomic mass is 9.85. The molecule has 0 fully saturated rings. The van der Waals surface area contributed by atoms with Crippen molar-refractivity contribution in [2.45, 2.75) is 64.7 Å². The summed E-state index contributed by atoms with van der Waals surface area (Å²) in [4.78, 5) is 55.2. The van der Waals surface area contributed by atoms with Gasteiger partial charge in [-0.1, -0.05) is 25.1 Å². The van der Waals surface area contributed by atoms with Gasteiger partial charge >= 0.3 is 11.9 Å². The molecule has 1 aromatic carbocycles. The van der Waals surface area contributed by atoms with Crippen molar-refractivity contribution in [2.75, 3.05) is 0 Å². The number of hydrogen-bond donors (Lipinski definition) is 0. The fourth-order valence-corrected chi connectivity index (χ4v) is 4.97. The van der Waals surface area contributed by atoms with Crippen molar-refractivity contribution in [1.82, 2.24) is 9.55 Å². The van der Waals surface area contributed by atoms with Crippen LogP contribution in [0.2, 0.25) is 0 Å². The minimum atomic E-state index is -1.69. The van der Waals surface area contributed by atoms with Crippen LogP contribution in [0.3, 0.4) is 0 Å². The van der Waals surface area contributed by atoms with E-state index in [1.165, 1.54) is 6.92 Å². The number of fused-ring (bicyclic) bond motifs is 5. The summed E-state index contributed by atoms with van der Waals surface area (Å²) in [5.74, 6) is -1.19. The Balaban J connectivity index is 1.55. The summed E-state index contributed by atoms with van der Waals surface area (Å²) >= 11 is 0. The van der Waals surface area contributed by atoms with Crippen molar-refractivity contribution < 1.29 is 23.9 Å². The lowest BCUT2D eigenvalue weighted by Crippen LogP contribution is -2.47. The molecule has 1 atom stereocenters. The average molecular weight is 475 g/mol. The summed E-state index contributed by atoms with van der Waals surface area (Å²) in [6.07, 6.45) is 1.62. The summed E-state index contributed by atoms with van der Waals surface area (Å²) in [6.45, 7) is 3.44. The number of Topliss-reactive ketones (excluding diaryl/α,β-unsaturated/α-hetero) is 1. The van der Waals surface area contributed by atoms with Crippen molar-refractivity contribution in [3.05, 3.63) is 63.4 Å². The van der Waals surface area contributed by atoms with Crippen LogP contribution in [-0.2, 0) is 42.6 Å². The van der Waals surface area contributed by atoms with Crippen LogP contribution >= 0.6 is 0 Å². The third-order valence-electron chi connectivity index (χ3n) is 6.83. The number of carbonyl (C=O) groups is 3. The second-order valence-electron chi connectivity index (χ2n) is 9.14. The number of rotatable bonds is 7. The molecule has 8 heteroatoms. The highest BCUT2D eigenvalue weighted by Gasteiger charge is 2.50. The molecular weight excluding hydrogens is 448 g/mol. The molecule has 0 spiro atoms. The molecule has 2 aliphatic rings. The highest BCUT2D eigenvalue weighted by molar-refractivity contribution is 5.88. The van der Waals surface area contributed by atoms with E-state index in [1.54, 1.807) is 17.6 Å². The van der Waals surface area contributed by atoms with E-state index in [9.17, 15) is 19.2 Å². The van der Waals surface area contributed by atoms with Gasteiger partial charge in [-0.25, -0.2) is 9.78 Å². The Labute approximate surface area is 201 Å². The molecule has 0 bridgehead atoms. The van der Waals surface area contributed by atoms with Crippen LogP contribution in [0.25, 0.3) is 22.3 Å². The smallest absolute Gasteiger partial charge is 0.355 e. The molecule has 2 aromatic heterocycles. The molecule has 35 heavy (non-hydrogen) atoms. The number of aromatic nitrogens is 2. The summed E-state index contributed by atoms with van der Waals surface area (Å²) in [7, 11) is 0. The molecule has 2 aliphatic heterocycles. The predicted molar refractivity (Wildman–Crippen MR) is 128 cm³/mol. The van der Waals surface area contributed by atoms with E-state index in [4.69, 9.17) is 14.5 Å². The normalized spacial score (nSPS) is 17.9. The monoisotopic (exact) mass is 474 g/mol. The van der Waals surface area contributed by atoms with Gasteiger partial charge < -0.3 is 18.8 Å². The number of carbonyl (C=O) groups excluding carboxylic acids is 3. The molecule has 0 amide bonds. The molecule has 5 rings (SSSR count). The van der Waals surface area contributed by atoms with Gasteiger partial charge in [0.15, 0.2) is 0 Å². The zero-order valence-corrected chi connectivity index (χ0v) is 19.8. The van der Waals surface area contributed by atoms with Crippen LogP contribution in [0.1, 0.15) is 62.6 Å². The first-order chi connectivity index (χ1) is 16.8. The summed E-state index contributed by atoms with van der Waals surface area (Å²) < 4.78 is 12.8. The maximum absolute atomic E-state index is 13.5. The third-order valence-corrected chi connectivity index (χ3v) is 6.83. The van der Waals surface area contributed by atoms with Gasteiger partial charge in [-0.3, -0.25) is 9.59 Å². The molecule has 3 aromatic rings. The Hall–Kier alpha value is -3.81. The van der Waals surface area contributed by atoms with E-state index in [-0.39, 0.29) is 30.8 Å². The zero-order valence-electron chi connectivity index (χ0n) is 19.8. The van der Waals surface area contributed by atoms with Crippen LogP contribution in [0.4, 0.5) is 0 Å². The SMILES string of the molecule is CC[C@@]1(OC(=O)CCCCC(C)=O)C(=O)OCc2c1cc1n(c2=O)Cc2cc3ccccc3nc2-1.